The maximum Gasteiger partial charge on any atom is 0.315 e. The summed E-state index contributed by atoms with van der Waals surface area (Å²) in [4.78, 5) is 40.0. The van der Waals surface area contributed by atoms with E-state index in [0.717, 1.165) is 27.8 Å². The molecule has 42 heavy (non-hydrogen) atoms. The van der Waals surface area contributed by atoms with Crippen molar-refractivity contribution in [2.45, 2.75) is 57.9 Å². The van der Waals surface area contributed by atoms with Gasteiger partial charge in [-0.3, -0.25) is 9.59 Å². The third-order valence-corrected chi connectivity index (χ3v) is 7.01. The molecule has 0 aliphatic carbocycles. The topological polar surface area (TPSA) is 137 Å². The summed E-state index contributed by atoms with van der Waals surface area (Å²) in [6.45, 7) is 4.44. The molecule has 0 bridgehead atoms. The van der Waals surface area contributed by atoms with Gasteiger partial charge in [0.2, 0.25) is 11.8 Å². The number of aliphatic hydroxyl groups excluding tert-OH is 1. The molecular formula is C32H38FN5O4. The smallest absolute Gasteiger partial charge is 0.315 e. The lowest BCUT2D eigenvalue weighted by atomic mass is 9.98. The molecule has 1 aliphatic rings. The second kappa shape index (κ2) is 13.6. The van der Waals surface area contributed by atoms with Crippen LogP contribution < -0.4 is 21.7 Å². The zero-order valence-electron chi connectivity index (χ0n) is 24.0. The van der Waals surface area contributed by atoms with E-state index in [0.29, 0.717) is 18.7 Å². The fourth-order valence-corrected chi connectivity index (χ4v) is 5.03. The third kappa shape index (κ3) is 8.37. The highest BCUT2D eigenvalue weighted by Gasteiger charge is 2.32. The van der Waals surface area contributed by atoms with Gasteiger partial charge in [0.25, 0.3) is 0 Å². The number of benzene rings is 3. The minimum absolute atomic E-state index is 0.0541. The molecule has 3 aromatic carbocycles. The molecule has 4 amide bonds. The third-order valence-electron chi connectivity index (χ3n) is 7.01. The van der Waals surface area contributed by atoms with Crippen LogP contribution in [0.3, 0.4) is 0 Å². The molecule has 1 aliphatic heterocycles. The van der Waals surface area contributed by atoms with Crippen molar-refractivity contribution in [3.63, 3.8) is 0 Å². The van der Waals surface area contributed by atoms with E-state index in [1.54, 1.807) is 24.8 Å². The Bertz CT molecular complexity index is 1420. The Morgan fingerprint density at radius 1 is 1.05 bits per heavy atom. The van der Waals surface area contributed by atoms with Crippen LogP contribution in [0.1, 0.15) is 42.5 Å². The lowest BCUT2D eigenvalue weighted by Crippen LogP contribution is -2.50. The number of carbonyl (C=O) groups is 3. The van der Waals surface area contributed by atoms with Crippen molar-refractivity contribution in [2.75, 3.05) is 13.2 Å². The zero-order valence-corrected chi connectivity index (χ0v) is 24.0. The summed E-state index contributed by atoms with van der Waals surface area (Å²) < 4.78 is 14.1. The fraction of sp³-hybridized carbons (Fsp3) is 0.344. The van der Waals surface area contributed by atoms with Gasteiger partial charge in [0, 0.05) is 44.6 Å². The Morgan fingerprint density at radius 2 is 1.79 bits per heavy atom. The van der Waals surface area contributed by atoms with Crippen molar-refractivity contribution in [3.8, 4) is 11.1 Å². The van der Waals surface area contributed by atoms with Crippen molar-refractivity contribution in [3.05, 3.63) is 94.8 Å². The summed E-state index contributed by atoms with van der Waals surface area (Å²) in [6.07, 6.45) is 0.250. The maximum atomic E-state index is 14.1. The van der Waals surface area contributed by atoms with Crippen LogP contribution in [0, 0.1) is 5.82 Å². The van der Waals surface area contributed by atoms with Crippen LogP contribution in [0.2, 0.25) is 0 Å². The molecule has 9 nitrogen and oxygen atoms in total. The quantitative estimate of drug-likeness (QED) is 0.253. The minimum Gasteiger partial charge on any atom is -0.395 e. The summed E-state index contributed by atoms with van der Waals surface area (Å²) >= 11 is 0. The SMILES string of the molecule is CC(C)(N)CC(=O)N[C@@H]1Cc2cc(F)ccc2CN(Cc2ccc(-c3ccccc3CNC(=O)NCCO)cc2)C1=O. The van der Waals surface area contributed by atoms with E-state index in [-0.39, 0.29) is 56.2 Å². The number of aliphatic hydroxyl groups is 1. The molecule has 222 valence electrons. The second-order valence-corrected chi connectivity index (χ2v) is 11.3. The van der Waals surface area contributed by atoms with Crippen molar-refractivity contribution in [1.82, 2.24) is 20.9 Å². The van der Waals surface area contributed by atoms with Gasteiger partial charge in [-0.1, -0.05) is 54.6 Å². The average molecular weight is 576 g/mol. The van der Waals surface area contributed by atoms with Gasteiger partial charge in [-0.2, -0.15) is 0 Å². The van der Waals surface area contributed by atoms with Crippen LogP contribution >= 0.6 is 0 Å². The Morgan fingerprint density at radius 3 is 2.50 bits per heavy atom. The lowest BCUT2D eigenvalue weighted by molar-refractivity contribution is -0.137. The normalized spacial score (nSPS) is 15.0. The van der Waals surface area contributed by atoms with E-state index in [1.807, 2.05) is 48.5 Å². The monoisotopic (exact) mass is 575 g/mol. The number of halogens is 1. The first kappa shape index (κ1) is 30.7. The van der Waals surface area contributed by atoms with Crippen LogP contribution in [0.5, 0.6) is 0 Å². The second-order valence-electron chi connectivity index (χ2n) is 11.3. The Balaban J connectivity index is 1.51. The number of hydrogen-bond donors (Lipinski definition) is 5. The highest BCUT2D eigenvalue weighted by atomic mass is 19.1. The number of nitrogens with zero attached hydrogens (tertiary/aromatic N) is 1. The van der Waals surface area contributed by atoms with Crippen molar-refractivity contribution < 1.29 is 23.9 Å². The lowest BCUT2D eigenvalue weighted by Gasteiger charge is -2.26. The van der Waals surface area contributed by atoms with Crippen molar-refractivity contribution in [1.29, 1.82) is 0 Å². The fourth-order valence-electron chi connectivity index (χ4n) is 5.03. The van der Waals surface area contributed by atoms with E-state index in [1.165, 1.54) is 12.1 Å². The molecule has 1 heterocycles. The Hall–Kier alpha value is -4.28. The van der Waals surface area contributed by atoms with Crippen LogP contribution in [-0.2, 0) is 35.6 Å². The summed E-state index contributed by atoms with van der Waals surface area (Å²) in [7, 11) is 0. The van der Waals surface area contributed by atoms with Crippen molar-refractivity contribution >= 4 is 17.8 Å². The highest BCUT2D eigenvalue weighted by Crippen LogP contribution is 2.26. The number of amides is 4. The number of carbonyl (C=O) groups excluding carboxylic acids is 3. The van der Waals surface area contributed by atoms with Crippen LogP contribution in [0.15, 0.2) is 66.7 Å². The summed E-state index contributed by atoms with van der Waals surface area (Å²) in [5, 5.41) is 17.1. The molecule has 3 aromatic rings. The van der Waals surface area contributed by atoms with Crippen molar-refractivity contribution in [2.24, 2.45) is 5.73 Å². The van der Waals surface area contributed by atoms with E-state index in [9.17, 15) is 18.8 Å². The molecule has 0 saturated carbocycles. The van der Waals surface area contributed by atoms with E-state index >= 15 is 0 Å². The van der Waals surface area contributed by atoms with E-state index < -0.39 is 11.6 Å². The molecule has 0 spiro atoms. The molecule has 0 saturated heterocycles. The average Bonchev–Trinajstić information content (AvgIpc) is 3.06. The summed E-state index contributed by atoms with van der Waals surface area (Å²) in [5.41, 5.74) is 10.5. The first-order valence-electron chi connectivity index (χ1n) is 14.0. The van der Waals surface area contributed by atoms with Gasteiger partial charge in [0.1, 0.15) is 11.9 Å². The van der Waals surface area contributed by atoms with Gasteiger partial charge in [0.05, 0.1) is 6.61 Å². The van der Waals surface area contributed by atoms with Crippen LogP contribution in [0.4, 0.5) is 9.18 Å². The number of nitrogens with one attached hydrogen (secondary N) is 3. The van der Waals surface area contributed by atoms with Gasteiger partial charge in [0.15, 0.2) is 0 Å². The number of rotatable bonds is 10. The molecule has 0 aromatic heterocycles. The Kier molecular flexibility index (Phi) is 9.92. The van der Waals surface area contributed by atoms with Gasteiger partial charge in [-0.25, -0.2) is 9.18 Å². The molecule has 4 rings (SSSR count). The minimum atomic E-state index is -0.837. The summed E-state index contributed by atoms with van der Waals surface area (Å²) in [5.74, 6) is -0.960. The van der Waals surface area contributed by atoms with Gasteiger partial charge >= 0.3 is 6.03 Å². The molecule has 0 fully saturated rings. The number of hydrogen-bond acceptors (Lipinski definition) is 5. The highest BCUT2D eigenvalue weighted by molar-refractivity contribution is 5.88. The number of fused-ring (bicyclic) bond motifs is 1. The van der Waals surface area contributed by atoms with Crippen LogP contribution in [0.25, 0.3) is 11.1 Å². The molecular weight excluding hydrogens is 537 g/mol. The van der Waals surface area contributed by atoms with Gasteiger partial charge in [-0.15, -0.1) is 0 Å². The molecule has 1 atom stereocenters. The van der Waals surface area contributed by atoms with E-state index in [4.69, 9.17) is 10.8 Å². The standard InChI is InChI=1S/C32H38FN5O4/c1-32(2,34)17-29(40)37-28-16-25-15-26(33)12-11-24(25)20-38(30(28)41)19-21-7-9-22(10-8-21)27-6-4-3-5-23(27)18-36-31(42)35-13-14-39/h3-12,15,28,39H,13-14,16-20,34H2,1-2H3,(H,37,40)(H2,35,36,42)/t28-/m1/s1. The zero-order chi connectivity index (χ0) is 30.3. The van der Waals surface area contributed by atoms with E-state index in [2.05, 4.69) is 16.0 Å². The first-order valence-corrected chi connectivity index (χ1v) is 14.0. The Labute approximate surface area is 245 Å². The molecule has 10 heteroatoms. The number of urea groups is 1. The van der Waals surface area contributed by atoms with Gasteiger partial charge in [-0.05, 0) is 59.4 Å². The maximum absolute atomic E-state index is 14.1. The predicted molar refractivity (Wildman–Crippen MR) is 158 cm³/mol. The molecule has 0 unspecified atom stereocenters. The molecule has 0 radical (unpaired) electrons. The molecule has 6 N–H and O–H groups in total. The van der Waals surface area contributed by atoms with Gasteiger partial charge < -0.3 is 31.7 Å². The first-order chi connectivity index (χ1) is 20.0. The number of nitrogens with two attached hydrogens (primary N) is 1. The van der Waals surface area contributed by atoms with Crippen LogP contribution in [-0.4, -0.2) is 52.6 Å². The largest absolute Gasteiger partial charge is 0.395 e. The summed E-state index contributed by atoms with van der Waals surface area (Å²) in [6, 6.07) is 18.9. The predicted octanol–water partition coefficient (Wildman–Crippen LogP) is 2.98.